The Hall–Kier alpha value is -2.17. The molecule has 2 aliphatic rings. The second-order valence-corrected chi connectivity index (χ2v) is 5.85. The summed E-state index contributed by atoms with van der Waals surface area (Å²) in [6, 6.07) is 6.28. The van der Waals surface area contributed by atoms with Gasteiger partial charge in [-0.2, -0.15) is 5.10 Å². The lowest BCUT2D eigenvalue weighted by molar-refractivity contribution is 0.171. The van der Waals surface area contributed by atoms with E-state index in [0.717, 1.165) is 28.7 Å². The fourth-order valence-electron chi connectivity index (χ4n) is 2.82. The molecule has 1 fully saturated rings. The van der Waals surface area contributed by atoms with Gasteiger partial charge in [-0.1, -0.05) is 0 Å². The molecule has 2 heterocycles. The fourth-order valence-corrected chi connectivity index (χ4v) is 2.82. The van der Waals surface area contributed by atoms with E-state index in [0.29, 0.717) is 24.9 Å². The molecule has 1 saturated carbocycles. The maximum absolute atomic E-state index is 6.15. The molecule has 0 radical (unpaired) electrons. The van der Waals surface area contributed by atoms with E-state index in [1.54, 1.807) is 0 Å². The van der Waals surface area contributed by atoms with Gasteiger partial charge < -0.3 is 15.2 Å². The Bertz CT molecular complexity index is 676. The number of aromatic nitrogens is 2. The van der Waals surface area contributed by atoms with Crippen LogP contribution >= 0.6 is 0 Å². The summed E-state index contributed by atoms with van der Waals surface area (Å²) >= 11 is 0. The normalized spacial score (nSPS) is 18.5. The van der Waals surface area contributed by atoms with Crippen molar-refractivity contribution in [2.24, 2.45) is 5.92 Å². The first-order valence-corrected chi connectivity index (χ1v) is 7.47. The molecule has 4 rings (SSSR count). The van der Waals surface area contributed by atoms with Crippen molar-refractivity contribution in [3.63, 3.8) is 0 Å². The number of hydrogen-bond acceptors (Lipinski definition) is 4. The Morgan fingerprint density at radius 1 is 1.24 bits per heavy atom. The molecule has 1 aromatic carbocycles. The van der Waals surface area contributed by atoms with E-state index < -0.39 is 0 Å². The minimum absolute atomic E-state index is 0.415. The molecule has 5 nitrogen and oxygen atoms in total. The number of rotatable bonds is 3. The zero-order chi connectivity index (χ0) is 14.4. The molecule has 0 spiro atoms. The van der Waals surface area contributed by atoms with Crippen LogP contribution in [0, 0.1) is 5.92 Å². The number of nitrogens with zero attached hydrogens (tertiary/aromatic N) is 2. The third-order valence-corrected chi connectivity index (χ3v) is 4.30. The SMILES string of the molecule is CC(C1CC1)n1cc(N)c(-c2ccc3c(c2)OCCO3)n1. The van der Waals surface area contributed by atoms with Crippen molar-refractivity contribution >= 4 is 5.69 Å². The first-order chi connectivity index (χ1) is 10.2. The lowest BCUT2D eigenvalue weighted by Gasteiger charge is -2.18. The molecule has 1 aliphatic heterocycles. The van der Waals surface area contributed by atoms with Crippen LogP contribution in [0.1, 0.15) is 25.8 Å². The van der Waals surface area contributed by atoms with Crippen LogP contribution in [-0.2, 0) is 0 Å². The van der Waals surface area contributed by atoms with Gasteiger partial charge in [-0.3, -0.25) is 4.68 Å². The van der Waals surface area contributed by atoms with Gasteiger partial charge in [0.25, 0.3) is 0 Å². The second kappa shape index (κ2) is 4.69. The number of ether oxygens (including phenoxy) is 2. The van der Waals surface area contributed by atoms with Gasteiger partial charge >= 0.3 is 0 Å². The highest BCUT2D eigenvalue weighted by Crippen LogP contribution is 2.41. The summed E-state index contributed by atoms with van der Waals surface area (Å²) in [5.41, 5.74) is 8.65. The molecular formula is C16H19N3O2. The second-order valence-electron chi connectivity index (χ2n) is 5.85. The number of benzene rings is 1. The molecule has 0 bridgehead atoms. The first kappa shape index (κ1) is 12.6. The zero-order valence-corrected chi connectivity index (χ0v) is 12.1. The highest BCUT2D eigenvalue weighted by molar-refractivity contribution is 5.74. The quantitative estimate of drug-likeness (QED) is 0.942. The summed E-state index contributed by atoms with van der Waals surface area (Å²) in [6.45, 7) is 3.39. The highest BCUT2D eigenvalue weighted by atomic mass is 16.6. The molecule has 5 heteroatoms. The number of nitrogens with two attached hydrogens (primary N) is 1. The predicted octanol–water partition coefficient (Wildman–Crippen LogP) is 2.87. The predicted molar refractivity (Wildman–Crippen MR) is 80.5 cm³/mol. The molecule has 110 valence electrons. The Balaban J connectivity index is 1.69. The summed E-state index contributed by atoms with van der Waals surface area (Å²) in [6.07, 6.45) is 4.52. The summed E-state index contributed by atoms with van der Waals surface area (Å²) in [4.78, 5) is 0. The average Bonchev–Trinajstić information content (AvgIpc) is 3.28. The Labute approximate surface area is 123 Å². The van der Waals surface area contributed by atoms with Crippen molar-refractivity contribution in [1.82, 2.24) is 9.78 Å². The highest BCUT2D eigenvalue weighted by Gasteiger charge is 2.30. The Kier molecular flexibility index (Phi) is 2.80. The summed E-state index contributed by atoms with van der Waals surface area (Å²) in [5, 5.41) is 4.69. The number of nitrogen functional groups attached to an aromatic ring is 1. The van der Waals surface area contributed by atoms with Crippen molar-refractivity contribution in [2.75, 3.05) is 18.9 Å². The Morgan fingerprint density at radius 3 is 2.76 bits per heavy atom. The van der Waals surface area contributed by atoms with Crippen LogP contribution in [0.3, 0.4) is 0 Å². The smallest absolute Gasteiger partial charge is 0.162 e. The van der Waals surface area contributed by atoms with Crippen molar-refractivity contribution in [3.8, 4) is 22.8 Å². The monoisotopic (exact) mass is 285 g/mol. The standard InChI is InChI=1S/C16H19N3O2/c1-10(11-2-3-11)19-9-13(17)16(18-19)12-4-5-14-15(8-12)21-7-6-20-14/h4-5,8-11H,2-3,6-7,17H2,1H3. The number of hydrogen-bond donors (Lipinski definition) is 1. The van der Waals surface area contributed by atoms with Gasteiger partial charge in [0.1, 0.15) is 18.9 Å². The molecule has 1 unspecified atom stereocenters. The topological polar surface area (TPSA) is 62.3 Å². The van der Waals surface area contributed by atoms with E-state index in [1.165, 1.54) is 12.8 Å². The molecule has 2 N–H and O–H groups in total. The maximum Gasteiger partial charge on any atom is 0.162 e. The van der Waals surface area contributed by atoms with Crippen LogP contribution in [0.2, 0.25) is 0 Å². The molecule has 0 saturated heterocycles. The van der Waals surface area contributed by atoms with Gasteiger partial charge in [0.05, 0.1) is 11.7 Å². The largest absolute Gasteiger partial charge is 0.486 e. The third kappa shape index (κ3) is 2.22. The van der Waals surface area contributed by atoms with Crippen LogP contribution in [0.15, 0.2) is 24.4 Å². The Morgan fingerprint density at radius 2 is 2.00 bits per heavy atom. The molecule has 1 aliphatic carbocycles. The molecule has 2 aromatic rings. The van der Waals surface area contributed by atoms with Crippen molar-refractivity contribution in [3.05, 3.63) is 24.4 Å². The van der Waals surface area contributed by atoms with Gasteiger partial charge in [0.15, 0.2) is 11.5 Å². The van der Waals surface area contributed by atoms with E-state index in [1.807, 2.05) is 29.1 Å². The van der Waals surface area contributed by atoms with Gasteiger partial charge in [-0.25, -0.2) is 0 Å². The van der Waals surface area contributed by atoms with Crippen molar-refractivity contribution < 1.29 is 9.47 Å². The molecule has 21 heavy (non-hydrogen) atoms. The first-order valence-electron chi connectivity index (χ1n) is 7.47. The minimum Gasteiger partial charge on any atom is -0.486 e. The van der Waals surface area contributed by atoms with Crippen LogP contribution < -0.4 is 15.2 Å². The van der Waals surface area contributed by atoms with E-state index >= 15 is 0 Å². The van der Waals surface area contributed by atoms with E-state index in [2.05, 4.69) is 12.0 Å². The zero-order valence-electron chi connectivity index (χ0n) is 12.1. The van der Waals surface area contributed by atoms with Crippen molar-refractivity contribution in [2.45, 2.75) is 25.8 Å². The van der Waals surface area contributed by atoms with Gasteiger partial charge in [-0.15, -0.1) is 0 Å². The third-order valence-electron chi connectivity index (χ3n) is 4.30. The molecule has 1 aromatic heterocycles. The van der Waals surface area contributed by atoms with Gasteiger partial charge in [0, 0.05) is 11.8 Å². The molecule has 1 atom stereocenters. The van der Waals surface area contributed by atoms with Crippen LogP contribution in [0.4, 0.5) is 5.69 Å². The maximum atomic E-state index is 6.15. The van der Waals surface area contributed by atoms with Gasteiger partial charge in [0.2, 0.25) is 0 Å². The van der Waals surface area contributed by atoms with Gasteiger partial charge in [-0.05, 0) is 43.9 Å². The molecule has 0 amide bonds. The summed E-state index contributed by atoms with van der Waals surface area (Å²) < 4.78 is 13.2. The van der Waals surface area contributed by atoms with Crippen LogP contribution in [0.25, 0.3) is 11.3 Å². The fraction of sp³-hybridized carbons (Fsp3) is 0.438. The summed E-state index contributed by atoms with van der Waals surface area (Å²) in [5.74, 6) is 2.30. The van der Waals surface area contributed by atoms with E-state index in [4.69, 9.17) is 15.2 Å². The lowest BCUT2D eigenvalue weighted by Crippen LogP contribution is -2.15. The van der Waals surface area contributed by atoms with E-state index in [9.17, 15) is 0 Å². The minimum atomic E-state index is 0.415. The summed E-state index contributed by atoms with van der Waals surface area (Å²) in [7, 11) is 0. The van der Waals surface area contributed by atoms with E-state index in [-0.39, 0.29) is 0 Å². The van der Waals surface area contributed by atoms with Crippen molar-refractivity contribution in [1.29, 1.82) is 0 Å². The lowest BCUT2D eigenvalue weighted by atomic mass is 10.1. The van der Waals surface area contributed by atoms with Crippen LogP contribution in [-0.4, -0.2) is 23.0 Å². The average molecular weight is 285 g/mol. The van der Waals surface area contributed by atoms with Crippen LogP contribution in [0.5, 0.6) is 11.5 Å². The number of anilines is 1. The molecular weight excluding hydrogens is 266 g/mol. The number of fused-ring (bicyclic) bond motifs is 1.